The van der Waals surface area contributed by atoms with Gasteiger partial charge < -0.3 is 5.92 Å². The molecule has 0 bridgehead atoms. The monoisotopic (exact) mass is 122 g/mol. The van der Waals surface area contributed by atoms with E-state index in [0.717, 1.165) is 0 Å². The van der Waals surface area contributed by atoms with E-state index in [1.165, 1.54) is 12.0 Å². The van der Waals surface area contributed by atoms with Crippen LogP contribution in [0.5, 0.6) is 0 Å². The molecule has 0 amide bonds. The molecule has 0 nitrogen and oxygen atoms in total. The third-order valence-electron chi connectivity index (χ3n) is 0. The summed E-state index contributed by atoms with van der Waals surface area (Å²) in [6, 6.07) is 0. The van der Waals surface area contributed by atoms with Crippen LogP contribution in [-0.4, -0.2) is 23.1 Å². The standard InChI is InChI=1S/C4H9.C3H5.Mg/c1-4(2)3;1-3-2;/h1-3H3;3H,1-2H2;/q2*-1;+2. The van der Waals surface area contributed by atoms with Crippen LogP contribution in [-0.2, 0) is 0 Å². The van der Waals surface area contributed by atoms with E-state index >= 15 is 0 Å². The van der Waals surface area contributed by atoms with Crippen LogP contribution in [0.15, 0.2) is 12.7 Å². The second-order valence-electron chi connectivity index (χ2n) is 1.79. The normalized spacial score (nSPS) is 6.00. The van der Waals surface area contributed by atoms with Gasteiger partial charge in [-0.15, -0.1) is 0 Å². The zero-order valence-electron chi connectivity index (χ0n) is 6.20. The smallest absolute Gasteiger partial charge is 0.323 e. The van der Waals surface area contributed by atoms with Gasteiger partial charge in [0.2, 0.25) is 0 Å². The van der Waals surface area contributed by atoms with Crippen LogP contribution < -0.4 is 0 Å². The Labute approximate surface area is 69.5 Å². The van der Waals surface area contributed by atoms with Crippen LogP contribution in [0.3, 0.4) is 0 Å². The maximum absolute atomic E-state index is 3.25. The molecule has 0 spiro atoms. The Morgan fingerprint density at radius 2 is 1.38 bits per heavy atom. The van der Waals surface area contributed by atoms with Gasteiger partial charge in [-0.2, -0.15) is 20.8 Å². The molecule has 0 aliphatic heterocycles. The zero-order chi connectivity index (χ0) is 6.28. The number of hydrogen-bond acceptors (Lipinski definition) is 0. The Morgan fingerprint density at radius 3 is 1.38 bits per heavy atom. The zero-order valence-corrected chi connectivity index (χ0v) is 7.61. The van der Waals surface area contributed by atoms with Gasteiger partial charge in [0.1, 0.15) is 0 Å². The second-order valence-corrected chi connectivity index (χ2v) is 1.79. The molecule has 0 fully saturated rings. The summed E-state index contributed by atoms with van der Waals surface area (Å²) >= 11 is 0. The average Bonchev–Trinajstić information content (AvgIpc) is 1.33. The van der Waals surface area contributed by atoms with Crippen molar-refractivity contribution in [3.63, 3.8) is 0 Å². The molecule has 0 rings (SSSR count). The van der Waals surface area contributed by atoms with Gasteiger partial charge >= 0.3 is 23.1 Å². The molecule has 0 radical (unpaired) electrons. The van der Waals surface area contributed by atoms with Crippen LogP contribution in [0.2, 0.25) is 0 Å². The molecule has 0 aromatic carbocycles. The summed E-state index contributed by atoms with van der Waals surface area (Å²) < 4.78 is 0. The number of rotatable bonds is 0. The molecule has 0 saturated carbocycles. The molecule has 0 saturated heterocycles. The fourth-order valence-corrected chi connectivity index (χ4v) is 0. The fraction of sp³-hybridized carbons (Fsp3) is 0.429. The summed E-state index contributed by atoms with van der Waals surface area (Å²) in [6.45, 7) is 12.8. The quantitative estimate of drug-likeness (QED) is 0.342. The molecule has 8 heavy (non-hydrogen) atoms. The van der Waals surface area contributed by atoms with Gasteiger partial charge in [0.05, 0.1) is 0 Å². The minimum Gasteiger partial charge on any atom is -0.323 e. The van der Waals surface area contributed by atoms with E-state index in [-0.39, 0.29) is 23.1 Å². The van der Waals surface area contributed by atoms with Crippen LogP contribution in [0.4, 0.5) is 0 Å². The predicted molar refractivity (Wildman–Crippen MR) is 41.6 cm³/mol. The molecule has 0 N–H and O–H groups in total. The third-order valence-corrected chi connectivity index (χ3v) is 0. The van der Waals surface area contributed by atoms with Crippen molar-refractivity contribution in [2.75, 3.05) is 0 Å². The molecular weight excluding hydrogens is 108 g/mol. The summed E-state index contributed by atoms with van der Waals surface area (Å²) in [7, 11) is 0. The first kappa shape index (κ1) is 15.8. The molecule has 0 aliphatic rings. The Bertz CT molecular complexity index is 28.6. The molecule has 0 aromatic rings. The van der Waals surface area contributed by atoms with Crippen molar-refractivity contribution >= 4 is 23.1 Å². The summed E-state index contributed by atoms with van der Waals surface area (Å²) in [5.74, 6) is 1.42. The van der Waals surface area contributed by atoms with Gasteiger partial charge in [0.25, 0.3) is 0 Å². The van der Waals surface area contributed by atoms with Gasteiger partial charge in [0, 0.05) is 0 Å². The van der Waals surface area contributed by atoms with E-state index in [9.17, 15) is 0 Å². The minimum absolute atomic E-state index is 0. The molecule has 0 atom stereocenters. The van der Waals surface area contributed by atoms with Crippen LogP contribution in [0.1, 0.15) is 20.8 Å². The van der Waals surface area contributed by atoms with E-state index in [0.29, 0.717) is 0 Å². The van der Waals surface area contributed by atoms with Gasteiger partial charge in [-0.25, -0.2) is 19.6 Å². The molecule has 0 heterocycles. The van der Waals surface area contributed by atoms with E-state index < -0.39 is 0 Å². The first-order chi connectivity index (χ1) is 3.15. The largest absolute Gasteiger partial charge is 2.00 e. The Kier molecular flexibility index (Phi) is 30.9. The van der Waals surface area contributed by atoms with Gasteiger partial charge in [-0.3, -0.25) is 0 Å². The molecule has 1 heteroatoms. The summed E-state index contributed by atoms with van der Waals surface area (Å²) in [6.07, 6.45) is 1.50. The Morgan fingerprint density at radius 1 is 1.38 bits per heavy atom. The Hall–Kier alpha value is 0.376. The van der Waals surface area contributed by atoms with Gasteiger partial charge in [0.15, 0.2) is 0 Å². The maximum Gasteiger partial charge on any atom is 2.00 e. The van der Waals surface area contributed by atoms with Crippen LogP contribution in [0.25, 0.3) is 0 Å². The number of allylic oxidation sites excluding steroid dienone is 1. The van der Waals surface area contributed by atoms with Crippen molar-refractivity contribution in [1.29, 1.82) is 0 Å². The van der Waals surface area contributed by atoms with Crippen LogP contribution in [0, 0.1) is 12.8 Å². The van der Waals surface area contributed by atoms with Crippen molar-refractivity contribution in [1.82, 2.24) is 0 Å². The predicted octanol–water partition coefficient (Wildman–Crippen LogP) is 2.25. The topological polar surface area (TPSA) is 0 Å². The summed E-state index contributed by atoms with van der Waals surface area (Å²) in [5.41, 5.74) is 0. The maximum atomic E-state index is 3.25. The molecule has 0 unspecified atom stereocenters. The first-order valence-electron chi connectivity index (χ1n) is 2.32. The van der Waals surface area contributed by atoms with Gasteiger partial charge in [-0.05, 0) is 0 Å². The average molecular weight is 122 g/mol. The molecule has 0 aromatic heterocycles. The van der Waals surface area contributed by atoms with Crippen molar-refractivity contribution < 1.29 is 0 Å². The van der Waals surface area contributed by atoms with E-state index in [1.54, 1.807) is 0 Å². The minimum atomic E-state index is 0. The molecule has 44 valence electrons. The summed E-state index contributed by atoms with van der Waals surface area (Å²) in [5, 5.41) is 0. The van der Waals surface area contributed by atoms with Crippen molar-refractivity contribution in [2.24, 2.45) is 0 Å². The molecule has 0 aliphatic carbocycles. The van der Waals surface area contributed by atoms with E-state index in [2.05, 4.69) is 34.3 Å². The third kappa shape index (κ3) is 1300. The first-order valence-corrected chi connectivity index (χ1v) is 2.32. The summed E-state index contributed by atoms with van der Waals surface area (Å²) in [4.78, 5) is 0. The van der Waals surface area contributed by atoms with Crippen molar-refractivity contribution in [3.8, 4) is 0 Å². The van der Waals surface area contributed by atoms with Gasteiger partial charge in [-0.1, -0.05) is 0 Å². The second kappa shape index (κ2) is 15.7. The fourth-order valence-electron chi connectivity index (χ4n) is 0. The van der Waals surface area contributed by atoms with E-state index in [4.69, 9.17) is 0 Å². The van der Waals surface area contributed by atoms with Crippen molar-refractivity contribution in [2.45, 2.75) is 20.8 Å². The Balaban J connectivity index is -0.0000000575. The van der Waals surface area contributed by atoms with Crippen molar-refractivity contribution in [3.05, 3.63) is 25.5 Å². The van der Waals surface area contributed by atoms with E-state index in [1.807, 2.05) is 0 Å². The number of hydrogen-bond donors (Lipinski definition) is 0. The van der Waals surface area contributed by atoms with Crippen LogP contribution >= 0.6 is 0 Å². The SMILES string of the molecule is C=C[CH2-].C[C-](C)C.[Mg+2]. The molecular formula is C7H14Mg.